The lowest BCUT2D eigenvalue weighted by Gasteiger charge is -2.10. The van der Waals surface area contributed by atoms with Gasteiger partial charge in [0.15, 0.2) is 0 Å². The summed E-state index contributed by atoms with van der Waals surface area (Å²) in [6.07, 6.45) is 1.50. The Labute approximate surface area is 134 Å². The Morgan fingerprint density at radius 2 is 1.70 bits per heavy atom. The molecule has 0 amide bonds. The summed E-state index contributed by atoms with van der Waals surface area (Å²) in [5, 5.41) is 15.4. The highest BCUT2D eigenvalue weighted by molar-refractivity contribution is 5.65. The second-order valence-corrected chi connectivity index (χ2v) is 5.05. The maximum absolute atomic E-state index is 8.95. The van der Waals surface area contributed by atoms with Crippen LogP contribution in [0.4, 0.5) is 23.0 Å². The molecule has 3 rings (SSSR count). The quantitative estimate of drug-likeness (QED) is 0.757. The maximum Gasteiger partial charge on any atom is 0.135 e. The summed E-state index contributed by atoms with van der Waals surface area (Å²) in [6.45, 7) is 2.04. The van der Waals surface area contributed by atoms with Crippen LogP contribution in [0.15, 0.2) is 60.9 Å². The van der Waals surface area contributed by atoms with Crippen molar-refractivity contribution in [2.24, 2.45) is 0 Å². The van der Waals surface area contributed by atoms with E-state index in [0.717, 1.165) is 16.9 Å². The van der Waals surface area contributed by atoms with E-state index in [1.165, 1.54) is 6.33 Å². The Bertz CT molecular complexity index is 867. The highest BCUT2D eigenvalue weighted by atomic mass is 15.1. The molecule has 0 aliphatic rings. The first kappa shape index (κ1) is 14.5. The Balaban J connectivity index is 1.80. The van der Waals surface area contributed by atoms with Gasteiger partial charge in [-0.15, -0.1) is 0 Å². The van der Waals surface area contributed by atoms with Crippen LogP contribution in [-0.2, 0) is 0 Å². The molecule has 0 atom stereocenters. The lowest BCUT2D eigenvalue weighted by atomic mass is 10.2. The van der Waals surface area contributed by atoms with E-state index < -0.39 is 0 Å². The molecule has 0 spiro atoms. The molecular formula is C18H15N5. The molecule has 0 saturated heterocycles. The minimum absolute atomic E-state index is 0.599. The topological polar surface area (TPSA) is 73.6 Å². The number of aryl methyl sites for hydroxylation is 1. The summed E-state index contributed by atoms with van der Waals surface area (Å²) in [6, 6.07) is 19.2. The highest BCUT2D eigenvalue weighted by Gasteiger charge is 2.02. The zero-order valence-electron chi connectivity index (χ0n) is 12.6. The van der Waals surface area contributed by atoms with Gasteiger partial charge in [-0.3, -0.25) is 0 Å². The SMILES string of the molecule is Cc1ccccc1Nc1cc(Nc2cccc(C#N)c2)ncn1. The normalized spacial score (nSPS) is 9.91. The monoisotopic (exact) mass is 301 g/mol. The van der Waals surface area contributed by atoms with Crippen molar-refractivity contribution in [2.45, 2.75) is 6.92 Å². The van der Waals surface area contributed by atoms with Crippen molar-refractivity contribution in [1.29, 1.82) is 5.26 Å². The first-order valence-corrected chi connectivity index (χ1v) is 7.16. The first-order chi connectivity index (χ1) is 11.2. The van der Waals surface area contributed by atoms with Gasteiger partial charge in [0.05, 0.1) is 11.6 Å². The number of anilines is 4. The fraction of sp³-hybridized carbons (Fsp3) is 0.0556. The zero-order valence-corrected chi connectivity index (χ0v) is 12.6. The molecule has 5 nitrogen and oxygen atoms in total. The van der Waals surface area contributed by atoms with Gasteiger partial charge in [-0.1, -0.05) is 24.3 Å². The molecule has 0 bridgehead atoms. The van der Waals surface area contributed by atoms with Crippen molar-refractivity contribution >= 4 is 23.0 Å². The number of nitrogens with zero attached hydrogens (tertiary/aromatic N) is 3. The van der Waals surface area contributed by atoms with E-state index in [1.807, 2.05) is 49.4 Å². The molecule has 0 aliphatic carbocycles. The van der Waals surface area contributed by atoms with Crippen molar-refractivity contribution in [1.82, 2.24) is 9.97 Å². The molecule has 1 aromatic heterocycles. The minimum Gasteiger partial charge on any atom is -0.340 e. The molecule has 0 aliphatic heterocycles. The minimum atomic E-state index is 0.599. The molecule has 0 radical (unpaired) electrons. The fourth-order valence-corrected chi connectivity index (χ4v) is 2.16. The predicted octanol–water partition coefficient (Wildman–Crippen LogP) is 4.14. The molecule has 1 heterocycles. The van der Waals surface area contributed by atoms with Gasteiger partial charge in [0.2, 0.25) is 0 Å². The number of aromatic nitrogens is 2. The van der Waals surface area contributed by atoms with Crippen molar-refractivity contribution < 1.29 is 0 Å². The van der Waals surface area contributed by atoms with Gasteiger partial charge >= 0.3 is 0 Å². The lowest BCUT2D eigenvalue weighted by Crippen LogP contribution is -1.99. The average Bonchev–Trinajstić information content (AvgIpc) is 2.57. The molecule has 2 N–H and O–H groups in total. The highest BCUT2D eigenvalue weighted by Crippen LogP contribution is 2.21. The average molecular weight is 301 g/mol. The first-order valence-electron chi connectivity index (χ1n) is 7.16. The summed E-state index contributed by atoms with van der Waals surface area (Å²) >= 11 is 0. The van der Waals surface area contributed by atoms with Crippen LogP contribution >= 0.6 is 0 Å². The Hall–Kier alpha value is -3.39. The third-order valence-corrected chi connectivity index (χ3v) is 3.34. The number of nitrogens with one attached hydrogen (secondary N) is 2. The Morgan fingerprint density at radius 1 is 0.913 bits per heavy atom. The van der Waals surface area contributed by atoms with E-state index in [-0.39, 0.29) is 0 Å². The van der Waals surface area contributed by atoms with Crippen molar-refractivity contribution in [3.8, 4) is 6.07 Å². The van der Waals surface area contributed by atoms with Gasteiger partial charge in [-0.25, -0.2) is 9.97 Å². The van der Waals surface area contributed by atoms with Crippen LogP contribution in [-0.4, -0.2) is 9.97 Å². The van der Waals surface area contributed by atoms with Crippen molar-refractivity contribution in [2.75, 3.05) is 10.6 Å². The summed E-state index contributed by atoms with van der Waals surface area (Å²) < 4.78 is 0. The van der Waals surface area contributed by atoms with Gasteiger partial charge in [0.1, 0.15) is 18.0 Å². The summed E-state index contributed by atoms with van der Waals surface area (Å²) in [5.74, 6) is 1.36. The van der Waals surface area contributed by atoms with Crippen LogP contribution in [0.2, 0.25) is 0 Å². The van der Waals surface area contributed by atoms with Crippen LogP contribution in [0.5, 0.6) is 0 Å². The lowest BCUT2D eigenvalue weighted by molar-refractivity contribution is 1.16. The van der Waals surface area contributed by atoms with Crippen LogP contribution < -0.4 is 10.6 Å². The maximum atomic E-state index is 8.95. The molecule has 112 valence electrons. The molecule has 0 saturated carbocycles. The molecule has 3 aromatic rings. The van der Waals surface area contributed by atoms with Gasteiger partial charge in [0, 0.05) is 17.4 Å². The van der Waals surface area contributed by atoms with E-state index in [0.29, 0.717) is 17.2 Å². The predicted molar refractivity (Wildman–Crippen MR) is 90.9 cm³/mol. The Kier molecular flexibility index (Phi) is 4.16. The standard InChI is InChI=1S/C18H15N5/c1-13-5-2-3-8-16(13)23-18-10-17(20-12-21-18)22-15-7-4-6-14(9-15)11-19/h2-10,12H,1H3,(H2,20,21,22,23). The van der Waals surface area contributed by atoms with Crippen LogP contribution in [0.3, 0.4) is 0 Å². The van der Waals surface area contributed by atoms with E-state index in [9.17, 15) is 0 Å². The van der Waals surface area contributed by atoms with E-state index in [1.54, 1.807) is 12.1 Å². The fourth-order valence-electron chi connectivity index (χ4n) is 2.16. The van der Waals surface area contributed by atoms with E-state index in [4.69, 9.17) is 5.26 Å². The largest absolute Gasteiger partial charge is 0.340 e. The smallest absolute Gasteiger partial charge is 0.135 e. The number of nitriles is 1. The summed E-state index contributed by atoms with van der Waals surface area (Å²) in [4.78, 5) is 8.45. The second kappa shape index (κ2) is 6.58. The Morgan fingerprint density at radius 3 is 2.48 bits per heavy atom. The number of benzene rings is 2. The molecule has 0 fully saturated rings. The number of para-hydroxylation sites is 1. The number of hydrogen-bond acceptors (Lipinski definition) is 5. The van der Waals surface area contributed by atoms with Gasteiger partial charge in [-0.2, -0.15) is 5.26 Å². The van der Waals surface area contributed by atoms with E-state index in [2.05, 4.69) is 26.7 Å². The van der Waals surface area contributed by atoms with Gasteiger partial charge in [0.25, 0.3) is 0 Å². The van der Waals surface area contributed by atoms with Crippen LogP contribution in [0.1, 0.15) is 11.1 Å². The third kappa shape index (κ3) is 3.63. The van der Waals surface area contributed by atoms with Gasteiger partial charge < -0.3 is 10.6 Å². The van der Waals surface area contributed by atoms with Crippen LogP contribution in [0.25, 0.3) is 0 Å². The number of rotatable bonds is 4. The zero-order chi connectivity index (χ0) is 16.1. The van der Waals surface area contributed by atoms with Crippen molar-refractivity contribution in [3.05, 3.63) is 72.1 Å². The summed E-state index contributed by atoms with van der Waals surface area (Å²) in [7, 11) is 0. The van der Waals surface area contributed by atoms with Crippen molar-refractivity contribution in [3.63, 3.8) is 0 Å². The van der Waals surface area contributed by atoms with E-state index >= 15 is 0 Å². The molecule has 23 heavy (non-hydrogen) atoms. The molecular weight excluding hydrogens is 286 g/mol. The third-order valence-electron chi connectivity index (χ3n) is 3.34. The van der Waals surface area contributed by atoms with Gasteiger partial charge in [-0.05, 0) is 36.8 Å². The number of hydrogen-bond donors (Lipinski definition) is 2. The van der Waals surface area contributed by atoms with Crippen LogP contribution in [0, 0.1) is 18.3 Å². The molecule has 5 heteroatoms. The summed E-state index contributed by atoms with van der Waals surface area (Å²) in [5.41, 5.74) is 3.55. The molecule has 0 unspecified atom stereocenters. The molecule has 2 aromatic carbocycles. The second-order valence-electron chi connectivity index (χ2n) is 5.05.